The van der Waals surface area contributed by atoms with E-state index in [-0.39, 0.29) is 5.84 Å². The Hall–Kier alpha value is -8.84. The molecular formula is C62H36N4OS. The van der Waals surface area contributed by atoms with Gasteiger partial charge >= 0.3 is 0 Å². The van der Waals surface area contributed by atoms with Gasteiger partial charge < -0.3 is 14.0 Å². The Kier molecular flexibility index (Phi) is 7.74. The third kappa shape index (κ3) is 5.49. The number of benzene rings is 11. The summed E-state index contributed by atoms with van der Waals surface area (Å²) < 4.78 is 11.2. The maximum absolute atomic E-state index is 9.74. The number of hydrogen-bond acceptors (Lipinski definition) is 3. The molecule has 316 valence electrons. The van der Waals surface area contributed by atoms with E-state index in [9.17, 15) is 5.41 Å². The van der Waals surface area contributed by atoms with Crippen molar-refractivity contribution in [3.63, 3.8) is 0 Å². The first kappa shape index (κ1) is 37.4. The summed E-state index contributed by atoms with van der Waals surface area (Å²) in [5, 5.41) is 26.1. The van der Waals surface area contributed by atoms with Gasteiger partial charge in [0.25, 0.3) is 0 Å². The molecule has 0 saturated carbocycles. The number of nitrogens with one attached hydrogen (secondary N) is 2. The zero-order valence-electron chi connectivity index (χ0n) is 36.3. The van der Waals surface area contributed by atoms with E-state index in [1.165, 1.54) is 69.3 Å². The van der Waals surface area contributed by atoms with Gasteiger partial charge in [-0.05, 0) is 111 Å². The summed E-state index contributed by atoms with van der Waals surface area (Å²) in [4.78, 5) is 8.67. The molecule has 15 rings (SSSR count). The molecule has 0 saturated heterocycles. The van der Waals surface area contributed by atoms with Gasteiger partial charge in [0.05, 0.1) is 22.2 Å². The third-order valence-corrected chi connectivity index (χ3v) is 15.2. The van der Waals surface area contributed by atoms with E-state index in [1.54, 1.807) is 11.3 Å². The van der Waals surface area contributed by atoms with Crippen molar-refractivity contribution >= 4 is 141 Å². The molecule has 0 radical (unpaired) electrons. The highest BCUT2D eigenvalue weighted by Crippen LogP contribution is 2.45. The summed E-state index contributed by atoms with van der Waals surface area (Å²) in [6, 6.07) is 71.7. The molecule has 0 fully saturated rings. The van der Waals surface area contributed by atoms with Gasteiger partial charge in [-0.1, -0.05) is 127 Å². The monoisotopic (exact) mass is 884 g/mol. The van der Waals surface area contributed by atoms with E-state index in [1.807, 2.05) is 18.3 Å². The number of aliphatic imine (C=N–C) groups is 1. The van der Waals surface area contributed by atoms with Crippen LogP contribution in [0.3, 0.4) is 0 Å². The van der Waals surface area contributed by atoms with Gasteiger partial charge in [-0.25, -0.2) is 4.99 Å². The second-order valence-corrected chi connectivity index (χ2v) is 19.1. The predicted octanol–water partition coefficient (Wildman–Crippen LogP) is 17.3. The number of para-hydroxylation sites is 2. The highest BCUT2D eigenvalue weighted by molar-refractivity contribution is 7.26. The number of H-pyrrole nitrogens is 1. The number of thiophene rings is 1. The maximum atomic E-state index is 9.74. The molecule has 2 N–H and O–H groups in total. The summed E-state index contributed by atoms with van der Waals surface area (Å²) in [6.45, 7) is 0. The molecular weight excluding hydrogens is 849 g/mol. The molecule has 0 aliphatic heterocycles. The molecule has 15 aromatic rings. The van der Waals surface area contributed by atoms with Gasteiger partial charge in [-0.2, -0.15) is 0 Å². The number of aromatic amines is 1. The van der Waals surface area contributed by atoms with Crippen LogP contribution in [-0.2, 0) is 0 Å². The van der Waals surface area contributed by atoms with E-state index in [0.29, 0.717) is 0 Å². The quantitative estimate of drug-likeness (QED) is 0.134. The number of amidine groups is 1. The van der Waals surface area contributed by atoms with Gasteiger partial charge in [0, 0.05) is 80.9 Å². The van der Waals surface area contributed by atoms with Crippen LogP contribution in [0.15, 0.2) is 210 Å². The lowest BCUT2D eigenvalue weighted by atomic mass is 9.99. The van der Waals surface area contributed by atoms with Crippen LogP contribution in [0, 0.1) is 5.41 Å². The first-order valence-electron chi connectivity index (χ1n) is 22.9. The first-order valence-corrected chi connectivity index (χ1v) is 23.7. The van der Waals surface area contributed by atoms with Gasteiger partial charge in [0.2, 0.25) is 0 Å². The zero-order valence-corrected chi connectivity index (χ0v) is 37.2. The average molecular weight is 885 g/mol. The molecule has 5 nitrogen and oxygen atoms in total. The summed E-state index contributed by atoms with van der Waals surface area (Å²) >= 11 is 1.78. The van der Waals surface area contributed by atoms with Crippen LogP contribution in [0.25, 0.3) is 135 Å². The highest BCUT2D eigenvalue weighted by atomic mass is 32.1. The number of nitrogens with zero attached hydrogens (tertiary/aromatic N) is 2. The minimum Gasteiger partial charge on any atom is -0.456 e. The smallest absolute Gasteiger partial charge is 0.151 e. The van der Waals surface area contributed by atoms with Crippen molar-refractivity contribution in [1.29, 1.82) is 5.41 Å². The van der Waals surface area contributed by atoms with Gasteiger partial charge in [0.1, 0.15) is 11.2 Å². The number of fused-ring (bicyclic) bond motifs is 15. The van der Waals surface area contributed by atoms with Crippen LogP contribution in [0.2, 0.25) is 0 Å². The normalized spacial score (nSPS) is 12.4. The Morgan fingerprint density at radius 2 is 1.13 bits per heavy atom. The molecule has 6 heteroatoms. The van der Waals surface area contributed by atoms with E-state index in [4.69, 9.17) is 9.41 Å². The van der Waals surface area contributed by atoms with E-state index in [2.05, 4.69) is 198 Å². The van der Waals surface area contributed by atoms with Crippen molar-refractivity contribution in [1.82, 2.24) is 9.55 Å². The largest absolute Gasteiger partial charge is 0.456 e. The lowest BCUT2D eigenvalue weighted by molar-refractivity contribution is 0.669. The number of rotatable bonds is 4. The number of hydrogen-bond donors (Lipinski definition) is 2. The summed E-state index contributed by atoms with van der Waals surface area (Å²) in [5.74, 6) is 0.184. The van der Waals surface area contributed by atoms with Crippen LogP contribution in [0.4, 0.5) is 0 Å². The molecule has 0 spiro atoms. The first-order chi connectivity index (χ1) is 33.6. The molecule has 11 aromatic carbocycles. The fraction of sp³-hybridized carbons (Fsp3) is 0. The van der Waals surface area contributed by atoms with Crippen molar-refractivity contribution in [3.8, 4) is 16.8 Å². The van der Waals surface area contributed by atoms with E-state index >= 15 is 0 Å². The Labute approximate surface area is 391 Å². The lowest BCUT2D eigenvalue weighted by Crippen LogP contribution is -2.01. The molecule has 4 aromatic heterocycles. The van der Waals surface area contributed by atoms with Gasteiger partial charge in [0.15, 0.2) is 5.84 Å². The topological polar surface area (TPSA) is 70.1 Å². The molecule has 0 bridgehead atoms. The standard InChI is InChI=1S/C62H36N4OS/c63-62(64-34-42-17-9-22-56-59(42)49-28-41(23-24-55(49)67-56)44-19-10-20-46-45-18-7-8-21-51(45)65-61(44)46)43-31-54(60-50-27-37-13-3-6-16-40(37)32-57(50)68-58(60)33-43)66-52-29-38-14-4-1-11-35(38)25-47(52)48-26-36-12-2-5-15-39(36)30-53(48)66/h1-34,63,65H/b63-62?,64-34+. The Morgan fingerprint density at radius 3 is 1.87 bits per heavy atom. The third-order valence-electron chi connectivity index (χ3n) is 14.1. The Morgan fingerprint density at radius 1 is 0.500 bits per heavy atom. The maximum Gasteiger partial charge on any atom is 0.151 e. The zero-order chi connectivity index (χ0) is 44.6. The fourth-order valence-electron chi connectivity index (χ4n) is 11.0. The Balaban J connectivity index is 0.928. The molecule has 4 heterocycles. The predicted molar refractivity (Wildman–Crippen MR) is 289 cm³/mol. The van der Waals surface area contributed by atoms with Crippen LogP contribution in [-0.4, -0.2) is 21.6 Å². The summed E-state index contributed by atoms with van der Waals surface area (Å²) in [5.41, 5.74) is 11.0. The fourth-order valence-corrected chi connectivity index (χ4v) is 12.2. The van der Waals surface area contributed by atoms with Crippen LogP contribution in [0.5, 0.6) is 0 Å². The van der Waals surface area contributed by atoms with Crippen molar-refractivity contribution in [2.24, 2.45) is 4.99 Å². The minimum absolute atomic E-state index is 0.184. The van der Waals surface area contributed by atoms with Crippen molar-refractivity contribution in [2.45, 2.75) is 0 Å². The van der Waals surface area contributed by atoms with Crippen molar-refractivity contribution < 1.29 is 4.42 Å². The van der Waals surface area contributed by atoms with E-state index < -0.39 is 0 Å². The van der Waals surface area contributed by atoms with E-state index in [0.717, 1.165) is 76.6 Å². The molecule has 0 aliphatic carbocycles. The number of furan rings is 1. The molecule has 0 atom stereocenters. The highest BCUT2D eigenvalue weighted by Gasteiger charge is 2.22. The average Bonchev–Trinajstić information content (AvgIpc) is 4.14. The van der Waals surface area contributed by atoms with Crippen molar-refractivity contribution in [2.75, 3.05) is 0 Å². The SMILES string of the molecule is N=C(/N=C/c1cccc2oc3ccc(-c4cccc5c4[nH]c4ccccc45)cc3c12)c1cc(-n2c3cc4ccccc4cc3c3cc4ccccc4cc32)c2c(c1)sc1cc3ccccc3cc12. The summed E-state index contributed by atoms with van der Waals surface area (Å²) in [6.07, 6.45) is 1.84. The molecule has 0 amide bonds. The Bertz CT molecular complexity index is 4620. The number of aromatic nitrogens is 2. The van der Waals surface area contributed by atoms with Gasteiger partial charge in [-0.3, -0.25) is 5.41 Å². The van der Waals surface area contributed by atoms with Gasteiger partial charge in [-0.15, -0.1) is 11.3 Å². The summed E-state index contributed by atoms with van der Waals surface area (Å²) in [7, 11) is 0. The van der Waals surface area contributed by atoms with Crippen molar-refractivity contribution in [3.05, 3.63) is 211 Å². The van der Waals surface area contributed by atoms with Crippen LogP contribution in [0.1, 0.15) is 11.1 Å². The second kappa shape index (κ2) is 14.1. The lowest BCUT2D eigenvalue weighted by Gasteiger charge is -2.13. The van der Waals surface area contributed by atoms with Crippen LogP contribution < -0.4 is 0 Å². The second-order valence-electron chi connectivity index (χ2n) is 18.0. The molecule has 68 heavy (non-hydrogen) atoms. The molecule has 0 unspecified atom stereocenters. The molecule has 0 aliphatic rings. The van der Waals surface area contributed by atoms with Crippen LogP contribution >= 0.6 is 11.3 Å². The minimum atomic E-state index is 0.184.